The van der Waals surface area contributed by atoms with E-state index >= 15 is 0 Å². The fraction of sp³-hybridized carbons (Fsp3) is 0.281. The van der Waals surface area contributed by atoms with E-state index in [1.807, 2.05) is 9.80 Å². The maximum Gasteiger partial charge on any atom is 0.243 e. The van der Waals surface area contributed by atoms with Gasteiger partial charge < -0.3 is 15.1 Å². The highest BCUT2D eigenvalue weighted by Gasteiger charge is 2.39. The van der Waals surface area contributed by atoms with Gasteiger partial charge in [0.25, 0.3) is 0 Å². The van der Waals surface area contributed by atoms with Gasteiger partial charge in [-0.05, 0) is 67.4 Å². The maximum atomic E-state index is 14.4. The van der Waals surface area contributed by atoms with Crippen LogP contribution in [0.4, 0.5) is 20.4 Å². The summed E-state index contributed by atoms with van der Waals surface area (Å²) < 4.78 is 55.6. The molecule has 46 heavy (non-hydrogen) atoms. The highest BCUT2D eigenvalue weighted by Crippen LogP contribution is 2.30. The van der Waals surface area contributed by atoms with E-state index in [1.54, 1.807) is 42.5 Å². The molecule has 240 valence electrons. The Morgan fingerprint density at radius 3 is 2.30 bits per heavy atom. The van der Waals surface area contributed by atoms with Crippen LogP contribution in [0.2, 0.25) is 10.0 Å². The fourth-order valence-corrected chi connectivity index (χ4v) is 7.66. The average Bonchev–Trinajstić information content (AvgIpc) is 3.57. The molecule has 1 aromatic heterocycles. The minimum atomic E-state index is -4.01. The quantitative estimate of drug-likeness (QED) is 0.261. The van der Waals surface area contributed by atoms with Crippen molar-refractivity contribution >= 4 is 50.8 Å². The number of sulfonamides is 1. The zero-order valence-corrected chi connectivity index (χ0v) is 26.9. The van der Waals surface area contributed by atoms with E-state index in [0.717, 1.165) is 16.4 Å². The molecule has 0 aliphatic carbocycles. The van der Waals surface area contributed by atoms with E-state index in [2.05, 4.69) is 5.32 Å². The molecule has 1 N–H and O–H groups in total. The first-order valence-corrected chi connectivity index (χ1v) is 16.9. The van der Waals surface area contributed by atoms with E-state index in [9.17, 15) is 22.0 Å². The van der Waals surface area contributed by atoms with Gasteiger partial charge in [-0.15, -0.1) is 0 Å². The largest absolute Gasteiger partial charge is 0.366 e. The molecule has 0 bridgehead atoms. The van der Waals surface area contributed by atoms with E-state index in [1.165, 1.54) is 18.2 Å². The number of amides is 1. The second kappa shape index (κ2) is 13.5. The van der Waals surface area contributed by atoms with Crippen LogP contribution in [0.5, 0.6) is 0 Å². The number of anilines is 2. The number of carbonyl (C=O) groups is 1. The molecular formula is C32H30Cl2F2N6O3S. The molecule has 3 aromatic carbocycles. The molecule has 3 heterocycles. The molecule has 6 rings (SSSR count). The third kappa shape index (κ3) is 6.80. The van der Waals surface area contributed by atoms with Gasteiger partial charge in [-0.25, -0.2) is 27.2 Å². The fourth-order valence-electron chi connectivity index (χ4n) is 5.70. The number of hydrogen-bond donors (Lipinski definition) is 1. The Morgan fingerprint density at radius 1 is 0.870 bits per heavy atom. The summed E-state index contributed by atoms with van der Waals surface area (Å²) in [5.74, 6) is -0.857. The molecule has 2 fully saturated rings. The number of halogens is 4. The molecule has 2 aliphatic rings. The van der Waals surface area contributed by atoms with Crippen molar-refractivity contribution in [2.45, 2.75) is 30.3 Å². The molecule has 0 spiro atoms. The van der Waals surface area contributed by atoms with Gasteiger partial charge in [0.2, 0.25) is 21.9 Å². The first kappa shape index (κ1) is 32.1. The van der Waals surface area contributed by atoms with Crippen molar-refractivity contribution in [3.05, 3.63) is 100 Å². The van der Waals surface area contributed by atoms with Crippen LogP contribution in [0.15, 0.2) is 77.7 Å². The van der Waals surface area contributed by atoms with Crippen LogP contribution < -0.4 is 15.1 Å². The van der Waals surface area contributed by atoms with Crippen molar-refractivity contribution in [1.29, 1.82) is 0 Å². The third-order valence-electron chi connectivity index (χ3n) is 8.11. The van der Waals surface area contributed by atoms with Crippen LogP contribution in [-0.2, 0) is 21.4 Å². The van der Waals surface area contributed by atoms with Gasteiger partial charge in [0.15, 0.2) is 0 Å². The van der Waals surface area contributed by atoms with Crippen molar-refractivity contribution < 1.29 is 22.0 Å². The summed E-state index contributed by atoms with van der Waals surface area (Å²) >= 11 is 12.5. The van der Waals surface area contributed by atoms with Crippen LogP contribution in [-0.4, -0.2) is 67.4 Å². The summed E-state index contributed by atoms with van der Waals surface area (Å²) in [4.78, 5) is 26.8. The van der Waals surface area contributed by atoms with Gasteiger partial charge in [0, 0.05) is 38.3 Å². The van der Waals surface area contributed by atoms with Crippen LogP contribution in [0.1, 0.15) is 18.5 Å². The minimum absolute atomic E-state index is 0.0127. The summed E-state index contributed by atoms with van der Waals surface area (Å²) in [6.07, 6.45) is 0.860. The van der Waals surface area contributed by atoms with Crippen molar-refractivity contribution in [1.82, 2.24) is 19.6 Å². The standard InChI is InChI=1S/C32H30Cl2F2N6O3S/c33-25-12-7-21(18-26(25)34)28-19-23(38-32(39-28)41-16-14-40(15-17-41)29-5-2-1-4-27(29)36)20-37-31(43)30-6-3-13-42(30)46(44,45)24-10-8-22(35)9-11-24/h1-2,4-5,7-12,18-19,30H,3,6,13-17,20H2,(H,37,43)/t30-/m0/s1. The summed E-state index contributed by atoms with van der Waals surface area (Å²) in [5.41, 5.74) is 2.30. The Morgan fingerprint density at radius 2 is 1.59 bits per heavy atom. The Bertz CT molecular complexity index is 1860. The van der Waals surface area contributed by atoms with Crippen molar-refractivity contribution in [3.63, 3.8) is 0 Å². The lowest BCUT2D eigenvalue weighted by Crippen LogP contribution is -2.47. The summed E-state index contributed by atoms with van der Waals surface area (Å²) in [6, 6.07) is 17.2. The lowest BCUT2D eigenvalue weighted by Gasteiger charge is -2.36. The Labute approximate surface area is 275 Å². The Kier molecular flexibility index (Phi) is 9.42. The molecule has 1 amide bonds. The van der Waals surface area contributed by atoms with Gasteiger partial charge in [0.1, 0.15) is 17.7 Å². The Hall–Kier alpha value is -3.84. The second-order valence-electron chi connectivity index (χ2n) is 11.0. The highest BCUT2D eigenvalue weighted by molar-refractivity contribution is 7.89. The molecule has 14 heteroatoms. The average molecular weight is 688 g/mol. The predicted octanol–water partition coefficient (Wildman–Crippen LogP) is 5.52. The van der Waals surface area contributed by atoms with Gasteiger partial charge in [-0.3, -0.25) is 4.79 Å². The number of nitrogens with zero attached hydrogens (tertiary/aromatic N) is 5. The first-order valence-electron chi connectivity index (χ1n) is 14.7. The molecule has 9 nitrogen and oxygen atoms in total. The number of benzene rings is 3. The van der Waals surface area contributed by atoms with E-state index in [0.29, 0.717) is 77.7 Å². The maximum absolute atomic E-state index is 14.4. The number of aromatic nitrogens is 2. The number of hydrogen-bond acceptors (Lipinski definition) is 7. The Balaban J connectivity index is 1.22. The summed E-state index contributed by atoms with van der Waals surface area (Å²) in [7, 11) is -4.01. The SMILES string of the molecule is O=C(NCc1cc(-c2ccc(Cl)c(Cl)c2)nc(N2CCN(c3ccccc3F)CC2)n1)[C@@H]1CCCN1S(=O)(=O)c1ccc(F)cc1. The lowest BCUT2D eigenvalue weighted by atomic mass is 10.1. The minimum Gasteiger partial charge on any atom is -0.366 e. The zero-order valence-electron chi connectivity index (χ0n) is 24.5. The monoisotopic (exact) mass is 686 g/mol. The number of rotatable bonds is 8. The molecule has 2 saturated heterocycles. The topological polar surface area (TPSA) is 98.7 Å². The summed E-state index contributed by atoms with van der Waals surface area (Å²) in [5, 5.41) is 3.61. The molecule has 0 unspecified atom stereocenters. The molecule has 4 aromatic rings. The van der Waals surface area contributed by atoms with Crippen molar-refractivity contribution in [3.8, 4) is 11.3 Å². The number of nitrogens with one attached hydrogen (secondary N) is 1. The third-order valence-corrected chi connectivity index (χ3v) is 10.8. The number of carbonyl (C=O) groups excluding carboxylic acids is 1. The predicted molar refractivity (Wildman–Crippen MR) is 173 cm³/mol. The first-order chi connectivity index (χ1) is 22.1. The zero-order chi connectivity index (χ0) is 32.4. The number of piperazine rings is 1. The van der Waals surface area contributed by atoms with Crippen LogP contribution >= 0.6 is 23.2 Å². The molecule has 0 radical (unpaired) electrons. The molecule has 2 aliphatic heterocycles. The van der Waals surface area contributed by atoms with E-state index in [-0.39, 0.29) is 23.8 Å². The van der Waals surface area contributed by atoms with E-state index in [4.69, 9.17) is 33.2 Å². The summed E-state index contributed by atoms with van der Waals surface area (Å²) in [6.45, 7) is 2.35. The highest BCUT2D eigenvalue weighted by atomic mass is 35.5. The van der Waals surface area contributed by atoms with Gasteiger partial charge >= 0.3 is 0 Å². The molecule has 0 saturated carbocycles. The molecule has 1 atom stereocenters. The van der Waals surface area contributed by atoms with Crippen molar-refractivity contribution in [2.24, 2.45) is 0 Å². The normalized spacial score (nSPS) is 17.3. The smallest absolute Gasteiger partial charge is 0.243 e. The van der Waals surface area contributed by atoms with Crippen LogP contribution in [0, 0.1) is 11.6 Å². The van der Waals surface area contributed by atoms with E-state index < -0.39 is 27.8 Å². The lowest BCUT2D eigenvalue weighted by molar-refractivity contribution is -0.124. The van der Waals surface area contributed by atoms with Crippen LogP contribution in [0.3, 0.4) is 0 Å². The van der Waals surface area contributed by atoms with Crippen molar-refractivity contribution in [2.75, 3.05) is 42.5 Å². The van der Waals surface area contributed by atoms with Crippen LogP contribution in [0.25, 0.3) is 11.3 Å². The van der Waals surface area contributed by atoms with Gasteiger partial charge in [-0.1, -0.05) is 41.4 Å². The number of para-hydroxylation sites is 1. The molecular weight excluding hydrogens is 657 g/mol. The second-order valence-corrected chi connectivity index (χ2v) is 13.7. The van der Waals surface area contributed by atoms with Gasteiger partial charge in [0.05, 0.1) is 38.6 Å². The van der Waals surface area contributed by atoms with Gasteiger partial charge in [-0.2, -0.15) is 4.31 Å².